The van der Waals surface area contributed by atoms with Crippen LogP contribution in [-0.2, 0) is 7.05 Å². The van der Waals surface area contributed by atoms with E-state index >= 15 is 0 Å². The Morgan fingerprint density at radius 2 is 2.26 bits per heavy atom. The lowest BCUT2D eigenvalue weighted by molar-refractivity contribution is 0.102. The van der Waals surface area contributed by atoms with Gasteiger partial charge in [-0.3, -0.25) is 9.48 Å². The number of nitrogens with zero attached hydrogens (tertiary/aromatic N) is 3. The first-order valence-electron chi connectivity index (χ1n) is 5.62. The number of aryl methyl sites for hydroxylation is 2. The third-order valence-corrected chi connectivity index (χ3v) is 2.67. The van der Waals surface area contributed by atoms with E-state index in [1.54, 1.807) is 37.0 Å². The first-order chi connectivity index (χ1) is 9.01. The van der Waals surface area contributed by atoms with E-state index < -0.39 is 0 Å². The van der Waals surface area contributed by atoms with Crippen molar-refractivity contribution in [3.8, 4) is 6.07 Å². The Kier molecular flexibility index (Phi) is 3.21. The fourth-order valence-electron chi connectivity index (χ4n) is 1.78. The standard InChI is InChI=1S/C13H13N5O/c1-8-11(7-18(2)17-8)13(19)16-12-4-3-10(15)5-9(12)6-14/h3-5,7H,15H2,1-2H3,(H,16,19). The first-order valence-corrected chi connectivity index (χ1v) is 5.62. The van der Waals surface area contributed by atoms with Crippen LogP contribution in [0, 0.1) is 18.3 Å². The lowest BCUT2D eigenvalue weighted by atomic mass is 10.1. The summed E-state index contributed by atoms with van der Waals surface area (Å²) < 4.78 is 1.57. The highest BCUT2D eigenvalue weighted by Gasteiger charge is 2.14. The molecule has 1 amide bonds. The highest BCUT2D eigenvalue weighted by molar-refractivity contribution is 6.05. The number of carbonyl (C=O) groups excluding carboxylic acids is 1. The minimum atomic E-state index is -0.299. The van der Waals surface area contributed by atoms with Crippen molar-refractivity contribution in [2.24, 2.45) is 7.05 Å². The molecule has 0 spiro atoms. The maximum atomic E-state index is 12.1. The van der Waals surface area contributed by atoms with Crippen LogP contribution >= 0.6 is 0 Å². The van der Waals surface area contributed by atoms with Crippen molar-refractivity contribution in [1.82, 2.24) is 9.78 Å². The van der Waals surface area contributed by atoms with E-state index in [0.717, 1.165) is 0 Å². The van der Waals surface area contributed by atoms with E-state index in [9.17, 15) is 4.79 Å². The molecule has 6 heteroatoms. The highest BCUT2D eigenvalue weighted by Crippen LogP contribution is 2.19. The van der Waals surface area contributed by atoms with Crippen LogP contribution in [0.5, 0.6) is 0 Å². The van der Waals surface area contributed by atoms with Crippen LogP contribution in [0.2, 0.25) is 0 Å². The van der Waals surface area contributed by atoms with Crippen LogP contribution in [0.3, 0.4) is 0 Å². The molecule has 0 radical (unpaired) electrons. The second-order valence-corrected chi connectivity index (χ2v) is 4.17. The van der Waals surface area contributed by atoms with Crippen LogP contribution in [0.1, 0.15) is 21.6 Å². The summed E-state index contributed by atoms with van der Waals surface area (Å²) in [5.74, 6) is -0.299. The maximum Gasteiger partial charge on any atom is 0.259 e. The number of hydrogen-bond donors (Lipinski definition) is 2. The summed E-state index contributed by atoms with van der Waals surface area (Å²) in [5, 5.41) is 15.8. The number of benzene rings is 1. The fourth-order valence-corrected chi connectivity index (χ4v) is 1.78. The summed E-state index contributed by atoms with van der Waals surface area (Å²) in [6, 6.07) is 6.76. The summed E-state index contributed by atoms with van der Waals surface area (Å²) in [6.45, 7) is 1.75. The van der Waals surface area contributed by atoms with Gasteiger partial charge in [-0.15, -0.1) is 0 Å². The van der Waals surface area contributed by atoms with Crippen molar-refractivity contribution in [1.29, 1.82) is 5.26 Å². The van der Waals surface area contributed by atoms with Crippen molar-refractivity contribution in [3.05, 3.63) is 41.2 Å². The molecule has 19 heavy (non-hydrogen) atoms. The normalized spacial score (nSPS) is 9.95. The predicted octanol–water partition coefficient (Wildman–Crippen LogP) is 1.43. The van der Waals surface area contributed by atoms with Crippen molar-refractivity contribution >= 4 is 17.3 Å². The topological polar surface area (TPSA) is 96.7 Å². The molecule has 0 aliphatic heterocycles. The summed E-state index contributed by atoms with van der Waals surface area (Å²) >= 11 is 0. The van der Waals surface area contributed by atoms with Crippen LogP contribution in [-0.4, -0.2) is 15.7 Å². The van der Waals surface area contributed by atoms with Gasteiger partial charge in [-0.1, -0.05) is 0 Å². The SMILES string of the molecule is Cc1nn(C)cc1C(=O)Nc1ccc(N)cc1C#N. The van der Waals surface area contributed by atoms with E-state index in [2.05, 4.69) is 10.4 Å². The lowest BCUT2D eigenvalue weighted by Crippen LogP contribution is -2.13. The summed E-state index contributed by atoms with van der Waals surface area (Å²) in [5.41, 5.74) is 7.95. The number of anilines is 2. The number of nitrogens with two attached hydrogens (primary N) is 1. The van der Waals surface area contributed by atoms with Gasteiger partial charge in [0.15, 0.2) is 0 Å². The van der Waals surface area contributed by atoms with Gasteiger partial charge in [0, 0.05) is 18.9 Å². The molecule has 6 nitrogen and oxygen atoms in total. The monoisotopic (exact) mass is 255 g/mol. The minimum Gasteiger partial charge on any atom is -0.399 e. The smallest absolute Gasteiger partial charge is 0.259 e. The van der Waals surface area contributed by atoms with Gasteiger partial charge in [0.25, 0.3) is 5.91 Å². The molecular formula is C13H13N5O. The number of carbonyl (C=O) groups is 1. The Bertz CT molecular complexity index is 681. The second-order valence-electron chi connectivity index (χ2n) is 4.17. The molecule has 0 saturated heterocycles. The van der Waals surface area contributed by atoms with E-state index in [1.165, 1.54) is 6.07 Å². The molecule has 0 aliphatic rings. The molecule has 0 aliphatic carbocycles. The van der Waals surface area contributed by atoms with Gasteiger partial charge in [-0.05, 0) is 25.1 Å². The Labute approximate surface area is 110 Å². The zero-order valence-corrected chi connectivity index (χ0v) is 10.6. The van der Waals surface area contributed by atoms with Crippen LogP contribution in [0.15, 0.2) is 24.4 Å². The average Bonchev–Trinajstić information content (AvgIpc) is 2.70. The number of aromatic nitrogens is 2. The first kappa shape index (κ1) is 12.6. The number of rotatable bonds is 2. The molecule has 3 N–H and O–H groups in total. The molecule has 2 aromatic rings. The summed E-state index contributed by atoms with van der Waals surface area (Å²) in [6.07, 6.45) is 1.63. The molecule has 2 rings (SSSR count). The molecule has 0 atom stereocenters. The Balaban J connectivity index is 2.29. The van der Waals surface area contributed by atoms with Crippen LogP contribution in [0.25, 0.3) is 0 Å². The average molecular weight is 255 g/mol. The number of hydrogen-bond acceptors (Lipinski definition) is 4. The van der Waals surface area contributed by atoms with Gasteiger partial charge >= 0.3 is 0 Å². The van der Waals surface area contributed by atoms with E-state index in [4.69, 9.17) is 11.0 Å². The molecule has 96 valence electrons. The van der Waals surface area contributed by atoms with Crippen LogP contribution < -0.4 is 11.1 Å². The lowest BCUT2D eigenvalue weighted by Gasteiger charge is -2.06. The second kappa shape index (κ2) is 4.82. The molecule has 0 fully saturated rings. The van der Waals surface area contributed by atoms with Gasteiger partial charge in [0.05, 0.1) is 22.5 Å². The minimum absolute atomic E-state index is 0.299. The number of amides is 1. The molecule has 1 aromatic heterocycles. The van der Waals surface area contributed by atoms with Crippen LogP contribution in [0.4, 0.5) is 11.4 Å². The van der Waals surface area contributed by atoms with Gasteiger partial charge in [-0.25, -0.2) is 0 Å². The van der Waals surface area contributed by atoms with Crippen molar-refractivity contribution in [2.75, 3.05) is 11.1 Å². The number of nitriles is 1. The largest absolute Gasteiger partial charge is 0.399 e. The fraction of sp³-hybridized carbons (Fsp3) is 0.154. The van der Waals surface area contributed by atoms with Gasteiger partial charge in [0.1, 0.15) is 6.07 Å². The Morgan fingerprint density at radius 3 is 2.84 bits per heavy atom. The molecular weight excluding hydrogens is 242 g/mol. The zero-order chi connectivity index (χ0) is 14.0. The Hall–Kier alpha value is -2.81. The summed E-state index contributed by atoms with van der Waals surface area (Å²) in [7, 11) is 1.74. The Morgan fingerprint density at radius 1 is 1.53 bits per heavy atom. The van der Waals surface area contributed by atoms with E-state index in [-0.39, 0.29) is 5.91 Å². The molecule has 0 unspecified atom stereocenters. The molecule has 1 heterocycles. The van der Waals surface area contributed by atoms with Gasteiger partial charge in [0.2, 0.25) is 0 Å². The van der Waals surface area contributed by atoms with Gasteiger partial charge < -0.3 is 11.1 Å². The number of nitrogen functional groups attached to an aromatic ring is 1. The molecule has 1 aromatic carbocycles. The molecule has 0 saturated carbocycles. The van der Waals surface area contributed by atoms with E-state index in [1.807, 2.05) is 6.07 Å². The van der Waals surface area contributed by atoms with Crippen molar-refractivity contribution < 1.29 is 4.79 Å². The quantitative estimate of drug-likeness (QED) is 0.793. The van der Waals surface area contributed by atoms with Gasteiger partial charge in [-0.2, -0.15) is 10.4 Å². The predicted molar refractivity (Wildman–Crippen MR) is 71.5 cm³/mol. The summed E-state index contributed by atoms with van der Waals surface area (Å²) in [4.78, 5) is 12.1. The number of nitrogens with one attached hydrogen (secondary N) is 1. The maximum absolute atomic E-state index is 12.1. The zero-order valence-electron chi connectivity index (χ0n) is 10.6. The third kappa shape index (κ3) is 2.55. The third-order valence-electron chi connectivity index (χ3n) is 2.67. The van der Waals surface area contributed by atoms with Crippen molar-refractivity contribution in [2.45, 2.75) is 6.92 Å². The molecule has 0 bridgehead atoms. The van der Waals surface area contributed by atoms with Crippen molar-refractivity contribution in [3.63, 3.8) is 0 Å². The highest BCUT2D eigenvalue weighted by atomic mass is 16.1. The van der Waals surface area contributed by atoms with E-state index in [0.29, 0.717) is 28.2 Å².